The highest BCUT2D eigenvalue weighted by molar-refractivity contribution is 6.05. The molecule has 0 fully saturated rings. The van der Waals surface area contributed by atoms with E-state index in [2.05, 4.69) is 39.0 Å². The van der Waals surface area contributed by atoms with E-state index in [-0.39, 0.29) is 13.0 Å². The summed E-state index contributed by atoms with van der Waals surface area (Å²) in [5.74, 6) is 6.58. The second-order valence-electron chi connectivity index (χ2n) is 7.40. The SMILES string of the molecule is C=C1C=C(Oc2ccc(Nc3ncnc4ccc(NC(=O)C#CCCO)cc34)cc2)C=CN1C. The van der Waals surface area contributed by atoms with Crippen molar-refractivity contribution in [1.29, 1.82) is 0 Å². The van der Waals surface area contributed by atoms with Gasteiger partial charge in [-0.15, -0.1) is 0 Å². The molecule has 0 radical (unpaired) electrons. The van der Waals surface area contributed by atoms with Crippen LogP contribution in [0.1, 0.15) is 6.42 Å². The molecule has 0 bridgehead atoms. The fourth-order valence-corrected chi connectivity index (χ4v) is 3.13. The summed E-state index contributed by atoms with van der Waals surface area (Å²) in [4.78, 5) is 22.5. The molecule has 170 valence electrons. The van der Waals surface area contributed by atoms with E-state index in [4.69, 9.17) is 9.84 Å². The van der Waals surface area contributed by atoms with Gasteiger partial charge in [0.15, 0.2) is 0 Å². The minimum atomic E-state index is -0.451. The molecule has 2 aromatic carbocycles. The van der Waals surface area contributed by atoms with E-state index < -0.39 is 5.91 Å². The van der Waals surface area contributed by atoms with Gasteiger partial charge in [0.1, 0.15) is 23.7 Å². The lowest BCUT2D eigenvalue weighted by molar-refractivity contribution is -0.111. The first-order valence-electron chi connectivity index (χ1n) is 10.5. The molecule has 0 atom stereocenters. The predicted octanol–water partition coefficient (Wildman–Crippen LogP) is 3.93. The summed E-state index contributed by atoms with van der Waals surface area (Å²) in [5, 5.41) is 15.5. The number of aromatic nitrogens is 2. The van der Waals surface area contributed by atoms with Gasteiger partial charge in [0.05, 0.1) is 12.1 Å². The zero-order valence-electron chi connectivity index (χ0n) is 18.6. The molecule has 3 N–H and O–H groups in total. The van der Waals surface area contributed by atoms with E-state index in [0.717, 1.165) is 22.3 Å². The Kier molecular flexibility index (Phi) is 6.87. The summed E-state index contributed by atoms with van der Waals surface area (Å²) in [6.07, 6.45) is 7.37. The van der Waals surface area contributed by atoms with Crippen molar-refractivity contribution >= 4 is 34.0 Å². The van der Waals surface area contributed by atoms with Crippen molar-refractivity contribution in [2.45, 2.75) is 6.42 Å². The van der Waals surface area contributed by atoms with Gasteiger partial charge in [-0.2, -0.15) is 0 Å². The Morgan fingerprint density at radius 3 is 2.74 bits per heavy atom. The summed E-state index contributed by atoms with van der Waals surface area (Å²) in [6, 6.07) is 12.8. The molecule has 0 saturated carbocycles. The molecule has 0 spiro atoms. The van der Waals surface area contributed by atoms with Gasteiger partial charge in [-0.25, -0.2) is 9.97 Å². The third-order valence-corrected chi connectivity index (χ3v) is 4.91. The van der Waals surface area contributed by atoms with Crippen molar-refractivity contribution in [3.63, 3.8) is 0 Å². The molecule has 4 rings (SSSR count). The van der Waals surface area contributed by atoms with Crippen LogP contribution in [-0.4, -0.2) is 39.5 Å². The third kappa shape index (κ3) is 5.59. The smallest absolute Gasteiger partial charge is 0.300 e. The van der Waals surface area contributed by atoms with Crippen molar-refractivity contribution in [3.05, 3.63) is 85.2 Å². The summed E-state index contributed by atoms with van der Waals surface area (Å²) in [5.41, 5.74) is 2.95. The predicted molar refractivity (Wildman–Crippen MR) is 132 cm³/mol. The number of fused-ring (bicyclic) bond motifs is 1. The quantitative estimate of drug-likeness (QED) is 0.486. The van der Waals surface area contributed by atoms with Crippen molar-refractivity contribution < 1.29 is 14.6 Å². The van der Waals surface area contributed by atoms with Gasteiger partial charge in [-0.1, -0.05) is 12.5 Å². The molecular formula is C26H23N5O3. The normalized spacial score (nSPS) is 12.6. The van der Waals surface area contributed by atoms with Crippen LogP contribution in [0.4, 0.5) is 17.2 Å². The summed E-state index contributed by atoms with van der Waals surface area (Å²) in [6.45, 7) is 3.88. The molecule has 1 aromatic heterocycles. The number of ether oxygens (including phenoxy) is 1. The van der Waals surface area contributed by atoms with Crippen LogP contribution < -0.4 is 15.4 Å². The Balaban J connectivity index is 1.49. The van der Waals surface area contributed by atoms with Gasteiger partial charge in [-0.05, 0) is 54.5 Å². The zero-order valence-corrected chi connectivity index (χ0v) is 18.6. The molecule has 8 nitrogen and oxygen atoms in total. The highest BCUT2D eigenvalue weighted by Gasteiger charge is 2.09. The molecule has 1 aliphatic rings. The Morgan fingerprint density at radius 1 is 1.18 bits per heavy atom. The van der Waals surface area contributed by atoms with Crippen LogP contribution >= 0.6 is 0 Å². The number of aliphatic hydroxyl groups excluding tert-OH is 1. The number of carbonyl (C=O) groups is 1. The lowest BCUT2D eigenvalue weighted by atomic mass is 10.2. The number of allylic oxidation sites excluding steroid dienone is 2. The first-order chi connectivity index (χ1) is 16.5. The molecule has 3 aromatic rings. The molecule has 0 unspecified atom stereocenters. The number of hydrogen-bond donors (Lipinski definition) is 3. The average Bonchev–Trinajstić information content (AvgIpc) is 2.83. The van der Waals surface area contributed by atoms with Crippen LogP contribution in [0.3, 0.4) is 0 Å². The number of likely N-dealkylation sites (N-methyl/N-ethyl adjacent to an activating group) is 1. The van der Waals surface area contributed by atoms with E-state index in [9.17, 15) is 4.79 Å². The molecule has 8 heteroatoms. The van der Waals surface area contributed by atoms with Crippen LogP contribution in [0.25, 0.3) is 10.9 Å². The lowest BCUT2D eigenvalue weighted by Gasteiger charge is -2.19. The largest absolute Gasteiger partial charge is 0.457 e. The fraction of sp³-hybridized carbons (Fsp3) is 0.115. The van der Waals surface area contributed by atoms with Crippen LogP contribution in [0.2, 0.25) is 0 Å². The lowest BCUT2D eigenvalue weighted by Crippen LogP contribution is -2.12. The molecule has 34 heavy (non-hydrogen) atoms. The molecule has 1 amide bonds. The van der Waals surface area contributed by atoms with Gasteiger partial charge in [0.2, 0.25) is 0 Å². The number of carbonyl (C=O) groups excluding carboxylic acids is 1. The Morgan fingerprint density at radius 2 is 1.97 bits per heavy atom. The molecular weight excluding hydrogens is 430 g/mol. The van der Waals surface area contributed by atoms with Crippen molar-refractivity contribution in [1.82, 2.24) is 14.9 Å². The van der Waals surface area contributed by atoms with Crippen LogP contribution in [-0.2, 0) is 4.79 Å². The number of hydrogen-bond acceptors (Lipinski definition) is 7. The van der Waals surface area contributed by atoms with E-state index in [1.165, 1.54) is 6.33 Å². The standard InChI is InChI=1S/C26H23N5O3/c1-18-15-22(12-13-31(18)2)34-21-9-6-19(7-10-21)30-26-23-16-20(8-11-24(23)27-17-28-26)29-25(33)5-3-4-14-32/h6-13,15-17,32H,1,4,14H2,2H3,(H,29,33)(H,27,28,30). The van der Waals surface area contributed by atoms with Crippen molar-refractivity contribution in [2.24, 2.45) is 0 Å². The highest BCUT2D eigenvalue weighted by atomic mass is 16.5. The Hall–Kier alpha value is -4.61. The number of nitrogens with zero attached hydrogens (tertiary/aromatic N) is 3. The second-order valence-corrected chi connectivity index (χ2v) is 7.40. The zero-order chi connectivity index (χ0) is 23.9. The fourth-order valence-electron chi connectivity index (χ4n) is 3.13. The minimum Gasteiger partial charge on any atom is -0.457 e. The maximum atomic E-state index is 12.0. The topological polar surface area (TPSA) is 99.6 Å². The van der Waals surface area contributed by atoms with Crippen LogP contribution in [0.5, 0.6) is 5.75 Å². The Bertz CT molecular complexity index is 1350. The van der Waals surface area contributed by atoms with E-state index in [1.54, 1.807) is 18.2 Å². The van der Waals surface area contributed by atoms with Crippen LogP contribution in [0.15, 0.2) is 85.2 Å². The maximum absolute atomic E-state index is 12.0. The number of rotatable bonds is 6. The number of aliphatic hydroxyl groups is 1. The summed E-state index contributed by atoms with van der Waals surface area (Å²) in [7, 11) is 1.92. The Labute approximate surface area is 197 Å². The number of anilines is 3. The van der Waals surface area contributed by atoms with Crippen molar-refractivity contribution in [3.8, 4) is 17.6 Å². The van der Waals surface area contributed by atoms with E-state index in [0.29, 0.717) is 23.0 Å². The average molecular weight is 454 g/mol. The van der Waals surface area contributed by atoms with Gasteiger partial charge >= 0.3 is 0 Å². The minimum absolute atomic E-state index is 0.0853. The third-order valence-electron chi connectivity index (χ3n) is 4.91. The molecule has 1 aliphatic heterocycles. The summed E-state index contributed by atoms with van der Waals surface area (Å²) >= 11 is 0. The number of benzene rings is 2. The van der Waals surface area contributed by atoms with E-state index in [1.807, 2.05) is 54.6 Å². The van der Waals surface area contributed by atoms with Crippen LogP contribution in [0, 0.1) is 11.8 Å². The van der Waals surface area contributed by atoms with Gasteiger partial charge in [0, 0.05) is 48.2 Å². The van der Waals surface area contributed by atoms with E-state index >= 15 is 0 Å². The number of amides is 1. The first kappa shape index (κ1) is 22.6. The monoisotopic (exact) mass is 453 g/mol. The number of nitrogens with one attached hydrogen (secondary N) is 2. The van der Waals surface area contributed by atoms with Crippen molar-refractivity contribution in [2.75, 3.05) is 24.3 Å². The first-order valence-corrected chi connectivity index (χ1v) is 10.5. The maximum Gasteiger partial charge on any atom is 0.300 e. The summed E-state index contributed by atoms with van der Waals surface area (Å²) < 4.78 is 5.91. The molecule has 0 saturated heterocycles. The van der Waals surface area contributed by atoms with Gasteiger partial charge < -0.3 is 25.4 Å². The molecule has 2 heterocycles. The van der Waals surface area contributed by atoms with Gasteiger partial charge in [0.25, 0.3) is 5.91 Å². The second kappa shape index (κ2) is 10.3. The molecule has 0 aliphatic carbocycles. The highest BCUT2D eigenvalue weighted by Crippen LogP contribution is 2.27. The van der Waals surface area contributed by atoms with Gasteiger partial charge in [-0.3, -0.25) is 4.79 Å².